The molecule has 0 atom stereocenters. The van der Waals surface area contributed by atoms with Gasteiger partial charge < -0.3 is 9.84 Å². The summed E-state index contributed by atoms with van der Waals surface area (Å²) >= 11 is 2.37. The first-order valence-corrected chi connectivity index (χ1v) is 7.45. The van der Waals surface area contributed by atoms with Crippen molar-refractivity contribution in [2.45, 2.75) is 19.3 Å². The SMILES string of the molecule is O=C(O)/C=C/c1cccc(OCCCCCI)c1. The Labute approximate surface area is 121 Å². The molecule has 0 aliphatic carbocycles. The Morgan fingerprint density at radius 2 is 2.17 bits per heavy atom. The van der Waals surface area contributed by atoms with Crippen molar-refractivity contribution < 1.29 is 14.6 Å². The number of rotatable bonds is 8. The molecule has 4 heteroatoms. The second-order valence-electron chi connectivity index (χ2n) is 3.84. The quantitative estimate of drug-likeness (QED) is 0.332. The highest BCUT2D eigenvalue weighted by molar-refractivity contribution is 14.1. The molecular weight excluding hydrogens is 343 g/mol. The highest BCUT2D eigenvalue weighted by Crippen LogP contribution is 2.15. The zero-order valence-corrected chi connectivity index (χ0v) is 12.3. The average Bonchev–Trinajstić information content (AvgIpc) is 2.37. The number of carboxylic acids is 1. The van der Waals surface area contributed by atoms with Gasteiger partial charge in [0, 0.05) is 6.08 Å². The molecule has 0 aliphatic heterocycles. The minimum atomic E-state index is -0.944. The smallest absolute Gasteiger partial charge is 0.328 e. The number of benzene rings is 1. The first-order valence-electron chi connectivity index (χ1n) is 5.92. The molecule has 0 saturated heterocycles. The third kappa shape index (κ3) is 6.64. The topological polar surface area (TPSA) is 46.5 Å². The molecule has 1 aromatic rings. The third-order valence-corrected chi connectivity index (χ3v) is 3.09. The second-order valence-corrected chi connectivity index (χ2v) is 4.92. The van der Waals surface area contributed by atoms with Crippen LogP contribution < -0.4 is 4.74 Å². The number of ether oxygens (including phenoxy) is 1. The Morgan fingerprint density at radius 3 is 2.89 bits per heavy atom. The number of alkyl halides is 1. The molecule has 1 rings (SSSR count). The van der Waals surface area contributed by atoms with Gasteiger partial charge in [-0.05, 0) is 47.5 Å². The fourth-order valence-corrected chi connectivity index (χ4v) is 1.98. The van der Waals surface area contributed by atoms with Crippen molar-refractivity contribution in [3.05, 3.63) is 35.9 Å². The molecule has 0 fully saturated rings. The van der Waals surface area contributed by atoms with Crippen LogP contribution >= 0.6 is 22.6 Å². The van der Waals surface area contributed by atoms with Gasteiger partial charge >= 0.3 is 5.97 Å². The van der Waals surface area contributed by atoms with Crippen molar-refractivity contribution in [2.24, 2.45) is 0 Å². The summed E-state index contributed by atoms with van der Waals surface area (Å²) in [4.78, 5) is 10.4. The number of carbonyl (C=O) groups is 1. The van der Waals surface area contributed by atoms with Crippen LogP contribution in [0.3, 0.4) is 0 Å². The zero-order chi connectivity index (χ0) is 13.2. The molecule has 0 saturated carbocycles. The highest BCUT2D eigenvalue weighted by Gasteiger charge is 1.96. The summed E-state index contributed by atoms with van der Waals surface area (Å²) in [6, 6.07) is 7.44. The van der Waals surface area contributed by atoms with Crippen LogP contribution in [0.4, 0.5) is 0 Å². The summed E-state index contributed by atoms with van der Waals surface area (Å²) in [5.74, 6) is -0.155. The van der Waals surface area contributed by atoms with Gasteiger partial charge in [-0.15, -0.1) is 0 Å². The van der Waals surface area contributed by atoms with E-state index in [1.807, 2.05) is 24.3 Å². The lowest BCUT2D eigenvalue weighted by Gasteiger charge is -2.06. The zero-order valence-electron chi connectivity index (χ0n) is 10.1. The van der Waals surface area contributed by atoms with Crippen LogP contribution in [0.1, 0.15) is 24.8 Å². The molecule has 0 radical (unpaired) electrons. The molecular formula is C14H17IO3. The predicted octanol–water partition coefficient (Wildman–Crippen LogP) is 3.77. The first kappa shape index (κ1) is 15.0. The van der Waals surface area contributed by atoms with E-state index >= 15 is 0 Å². The van der Waals surface area contributed by atoms with E-state index in [1.165, 1.54) is 17.3 Å². The van der Waals surface area contributed by atoms with Gasteiger partial charge in [-0.3, -0.25) is 0 Å². The fourth-order valence-electron chi connectivity index (χ4n) is 1.44. The summed E-state index contributed by atoms with van der Waals surface area (Å²) < 4.78 is 6.80. The standard InChI is InChI=1S/C14H17IO3/c15-9-2-1-3-10-18-13-6-4-5-12(11-13)7-8-14(16)17/h4-8,11H,1-3,9-10H2,(H,16,17)/b8-7+. The Morgan fingerprint density at radius 1 is 1.33 bits per heavy atom. The van der Waals surface area contributed by atoms with Gasteiger partial charge in [0.15, 0.2) is 0 Å². The summed E-state index contributed by atoms with van der Waals surface area (Å²) in [6.07, 6.45) is 6.15. The summed E-state index contributed by atoms with van der Waals surface area (Å²) in [5, 5.41) is 8.55. The van der Waals surface area contributed by atoms with Gasteiger partial charge in [-0.1, -0.05) is 34.7 Å². The number of hydrogen-bond donors (Lipinski definition) is 1. The van der Waals surface area contributed by atoms with Crippen LogP contribution in [-0.4, -0.2) is 22.1 Å². The molecule has 0 amide bonds. The van der Waals surface area contributed by atoms with Crippen molar-refractivity contribution in [2.75, 3.05) is 11.0 Å². The number of carboxylic acid groups (broad SMARTS) is 1. The average molecular weight is 360 g/mol. The van der Waals surface area contributed by atoms with Crippen molar-refractivity contribution in [3.63, 3.8) is 0 Å². The van der Waals surface area contributed by atoms with Gasteiger partial charge in [-0.2, -0.15) is 0 Å². The Hall–Kier alpha value is -1.04. The van der Waals surface area contributed by atoms with E-state index < -0.39 is 5.97 Å². The van der Waals surface area contributed by atoms with E-state index in [9.17, 15) is 4.79 Å². The van der Waals surface area contributed by atoms with Crippen molar-refractivity contribution in [3.8, 4) is 5.75 Å². The monoisotopic (exact) mass is 360 g/mol. The molecule has 1 N–H and O–H groups in total. The molecule has 1 aromatic carbocycles. The third-order valence-electron chi connectivity index (χ3n) is 2.32. The van der Waals surface area contributed by atoms with E-state index in [0.717, 1.165) is 23.8 Å². The molecule has 98 valence electrons. The van der Waals surface area contributed by atoms with Crippen molar-refractivity contribution >= 4 is 34.6 Å². The summed E-state index contributed by atoms with van der Waals surface area (Å²) in [7, 11) is 0. The number of aliphatic carboxylic acids is 1. The first-order chi connectivity index (χ1) is 8.72. The van der Waals surface area contributed by atoms with E-state index in [4.69, 9.17) is 9.84 Å². The Balaban J connectivity index is 2.42. The maximum Gasteiger partial charge on any atom is 0.328 e. The molecule has 0 aliphatic rings. The molecule has 0 spiro atoms. The number of halogens is 1. The molecule has 3 nitrogen and oxygen atoms in total. The minimum absolute atomic E-state index is 0.711. The summed E-state index contributed by atoms with van der Waals surface area (Å²) in [5.41, 5.74) is 0.835. The Bertz CT molecular complexity index is 402. The molecule has 0 heterocycles. The van der Waals surface area contributed by atoms with Crippen molar-refractivity contribution in [1.29, 1.82) is 0 Å². The second kappa shape index (κ2) is 8.97. The largest absolute Gasteiger partial charge is 0.494 e. The minimum Gasteiger partial charge on any atom is -0.494 e. The van der Waals surface area contributed by atoms with Crippen LogP contribution in [0.5, 0.6) is 5.75 Å². The molecule has 0 bridgehead atoms. The van der Waals surface area contributed by atoms with E-state index in [0.29, 0.717) is 6.61 Å². The van der Waals surface area contributed by atoms with Crippen LogP contribution in [0.15, 0.2) is 30.3 Å². The van der Waals surface area contributed by atoms with Crippen LogP contribution in [-0.2, 0) is 4.79 Å². The van der Waals surface area contributed by atoms with Crippen molar-refractivity contribution in [1.82, 2.24) is 0 Å². The van der Waals surface area contributed by atoms with Crippen LogP contribution in [0.25, 0.3) is 6.08 Å². The van der Waals surface area contributed by atoms with Gasteiger partial charge in [0.2, 0.25) is 0 Å². The molecule has 18 heavy (non-hydrogen) atoms. The maximum absolute atomic E-state index is 10.4. The molecule has 0 aromatic heterocycles. The van der Waals surface area contributed by atoms with Gasteiger partial charge in [-0.25, -0.2) is 4.79 Å². The number of hydrogen-bond acceptors (Lipinski definition) is 2. The van der Waals surface area contributed by atoms with Gasteiger partial charge in [0.05, 0.1) is 6.61 Å². The fraction of sp³-hybridized carbons (Fsp3) is 0.357. The highest BCUT2D eigenvalue weighted by atomic mass is 127. The lowest BCUT2D eigenvalue weighted by atomic mass is 10.2. The number of unbranched alkanes of at least 4 members (excludes halogenated alkanes) is 2. The molecule has 0 unspecified atom stereocenters. The normalized spacial score (nSPS) is 10.7. The maximum atomic E-state index is 10.4. The van der Waals surface area contributed by atoms with Gasteiger partial charge in [0.25, 0.3) is 0 Å². The van der Waals surface area contributed by atoms with E-state index in [2.05, 4.69) is 22.6 Å². The van der Waals surface area contributed by atoms with E-state index in [1.54, 1.807) is 6.08 Å². The van der Waals surface area contributed by atoms with Gasteiger partial charge in [0.1, 0.15) is 5.75 Å². The van der Waals surface area contributed by atoms with Crippen LogP contribution in [0.2, 0.25) is 0 Å². The Kier molecular flexibility index (Phi) is 7.48. The lowest BCUT2D eigenvalue weighted by Crippen LogP contribution is -1.97. The van der Waals surface area contributed by atoms with E-state index in [-0.39, 0.29) is 0 Å². The summed E-state index contributed by atoms with van der Waals surface area (Å²) in [6.45, 7) is 0.711. The van der Waals surface area contributed by atoms with Crippen LogP contribution in [0, 0.1) is 0 Å². The predicted molar refractivity (Wildman–Crippen MR) is 81.3 cm³/mol. The lowest BCUT2D eigenvalue weighted by molar-refractivity contribution is -0.131.